The molecule has 31 heavy (non-hydrogen) atoms. The molecule has 1 aromatic carbocycles. The molecule has 0 saturated carbocycles. The van der Waals surface area contributed by atoms with Crippen molar-refractivity contribution in [2.24, 2.45) is 5.73 Å². The molecule has 0 saturated heterocycles. The van der Waals surface area contributed by atoms with Crippen LogP contribution in [0.2, 0.25) is 0 Å². The summed E-state index contributed by atoms with van der Waals surface area (Å²) in [7, 11) is 0. The fourth-order valence-corrected chi connectivity index (χ4v) is 2.69. The van der Waals surface area contributed by atoms with E-state index in [0.717, 1.165) is 11.1 Å². The molecule has 0 atom stereocenters. The van der Waals surface area contributed by atoms with E-state index in [2.05, 4.69) is 30.2 Å². The molecule has 3 aromatic heterocycles. The van der Waals surface area contributed by atoms with Crippen molar-refractivity contribution in [1.82, 2.24) is 30.2 Å². The molecule has 0 unspecified atom stereocenters. The van der Waals surface area contributed by atoms with Crippen molar-refractivity contribution in [1.29, 1.82) is 0 Å². The number of nitrogens with two attached hydrogens (primary N) is 1. The van der Waals surface area contributed by atoms with Crippen LogP contribution in [0.3, 0.4) is 0 Å². The number of carbonyl (C=O) groups excluding carboxylic acids is 1. The number of hydrogen-bond acceptors (Lipinski definition) is 8. The Morgan fingerprint density at radius 3 is 2.52 bits per heavy atom. The van der Waals surface area contributed by atoms with Crippen molar-refractivity contribution in [3.63, 3.8) is 0 Å². The number of rotatable bonds is 7. The second-order valence-electron chi connectivity index (χ2n) is 6.39. The summed E-state index contributed by atoms with van der Waals surface area (Å²) >= 11 is 0. The van der Waals surface area contributed by atoms with E-state index < -0.39 is 18.4 Å². The lowest BCUT2D eigenvalue weighted by atomic mass is 10.1. The standard InChI is InChI=1S/C19H15F2N7O3/c20-16(21)18-26-25-17(31-18)12-3-1-11(2-4-12)8-28-9-15(24-27-28)13-5-6-14(23-7-13)10-30-19(22)29/h1-7,9,16H,8,10H2,(H2,22,29). The van der Waals surface area contributed by atoms with Gasteiger partial charge < -0.3 is 14.9 Å². The molecule has 0 aliphatic carbocycles. The zero-order valence-corrected chi connectivity index (χ0v) is 15.9. The van der Waals surface area contributed by atoms with E-state index in [1.807, 2.05) is 0 Å². The Morgan fingerprint density at radius 2 is 1.87 bits per heavy atom. The maximum absolute atomic E-state index is 12.6. The van der Waals surface area contributed by atoms with Crippen molar-refractivity contribution in [3.8, 4) is 22.7 Å². The molecule has 0 aliphatic rings. The van der Waals surface area contributed by atoms with Gasteiger partial charge in [0, 0.05) is 17.3 Å². The van der Waals surface area contributed by atoms with Gasteiger partial charge >= 0.3 is 12.5 Å². The third kappa shape index (κ3) is 4.86. The molecular formula is C19H15F2N7O3. The maximum Gasteiger partial charge on any atom is 0.404 e. The first-order valence-electron chi connectivity index (χ1n) is 8.96. The molecule has 0 radical (unpaired) electrons. The van der Waals surface area contributed by atoms with E-state index in [1.165, 1.54) is 0 Å². The lowest BCUT2D eigenvalue weighted by Crippen LogP contribution is -2.13. The molecule has 0 spiro atoms. The van der Waals surface area contributed by atoms with Crippen LogP contribution in [-0.2, 0) is 17.9 Å². The Kier molecular flexibility index (Phi) is 5.60. The van der Waals surface area contributed by atoms with Gasteiger partial charge in [-0.05, 0) is 29.8 Å². The highest BCUT2D eigenvalue weighted by atomic mass is 19.3. The lowest BCUT2D eigenvalue weighted by Gasteiger charge is -2.02. The summed E-state index contributed by atoms with van der Waals surface area (Å²) in [6.07, 6.45) is -0.313. The van der Waals surface area contributed by atoms with E-state index in [0.29, 0.717) is 23.5 Å². The first-order chi connectivity index (χ1) is 15.0. The van der Waals surface area contributed by atoms with Gasteiger partial charge in [0.05, 0.1) is 18.4 Å². The number of benzene rings is 1. The zero-order valence-electron chi connectivity index (χ0n) is 15.9. The van der Waals surface area contributed by atoms with E-state index in [-0.39, 0.29) is 12.5 Å². The molecule has 12 heteroatoms. The minimum atomic E-state index is -2.81. The highest BCUT2D eigenvalue weighted by Crippen LogP contribution is 2.23. The van der Waals surface area contributed by atoms with Crippen LogP contribution >= 0.6 is 0 Å². The van der Waals surface area contributed by atoms with Crippen molar-refractivity contribution in [2.45, 2.75) is 19.6 Å². The highest BCUT2D eigenvalue weighted by Gasteiger charge is 2.17. The summed E-state index contributed by atoms with van der Waals surface area (Å²) in [4.78, 5) is 14.8. The minimum absolute atomic E-state index is 0.00859. The van der Waals surface area contributed by atoms with Crippen LogP contribution in [0, 0.1) is 0 Å². The van der Waals surface area contributed by atoms with Crippen molar-refractivity contribution < 1.29 is 22.7 Å². The number of carbonyl (C=O) groups is 1. The van der Waals surface area contributed by atoms with Crippen molar-refractivity contribution in [2.75, 3.05) is 0 Å². The molecule has 4 aromatic rings. The third-order valence-corrected chi connectivity index (χ3v) is 4.19. The third-order valence-electron chi connectivity index (χ3n) is 4.19. The Balaban J connectivity index is 1.41. The second-order valence-corrected chi connectivity index (χ2v) is 6.39. The van der Waals surface area contributed by atoms with Gasteiger partial charge in [0.1, 0.15) is 12.3 Å². The summed E-state index contributed by atoms with van der Waals surface area (Å²) in [5.41, 5.74) is 8.29. The first-order valence-corrected chi connectivity index (χ1v) is 8.96. The van der Waals surface area contributed by atoms with Gasteiger partial charge in [-0.15, -0.1) is 15.3 Å². The lowest BCUT2D eigenvalue weighted by molar-refractivity contribution is 0.116. The summed E-state index contributed by atoms with van der Waals surface area (Å²) in [5.74, 6) is -0.681. The first kappa shape index (κ1) is 20.1. The summed E-state index contributed by atoms with van der Waals surface area (Å²) < 4.78 is 36.4. The molecule has 158 valence electrons. The number of pyridine rings is 1. The van der Waals surface area contributed by atoms with E-state index in [9.17, 15) is 13.6 Å². The smallest absolute Gasteiger partial charge is 0.404 e. The van der Waals surface area contributed by atoms with Crippen LogP contribution in [0.1, 0.15) is 23.6 Å². The molecular weight excluding hydrogens is 412 g/mol. The Labute approximate surface area is 173 Å². The van der Waals surface area contributed by atoms with Crippen LogP contribution in [0.4, 0.5) is 13.6 Å². The Hall–Kier alpha value is -4.22. The van der Waals surface area contributed by atoms with Crippen LogP contribution in [-0.4, -0.2) is 36.3 Å². The molecule has 0 bridgehead atoms. The summed E-state index contributed by atoms with van der Waals surface area (Å²) in [6, 6.07) is 10.5. The Bertz CT molecular complexity index is 1170. The second kappa shape index (κ2) is 8.65. The highest BCUT2D eigenvalue weighted by molar-refractivity contribution is 5.64. The number of alkyl halides is 2. The van der Waals surface area contributed by atoms with E-state index >= 15 is 0 Å². The largest absolute Gasteiger partial charge is 0.443 e. The maximum atomic E-state index is 12.6. The van der Waals surface area contributed by atoms with Gasteiger partial charge in [-0.2, -0.15) is 8.78 Å². The zero-order chi connectivity index (χ0) is 21.8. The molecule has 0 aliphatic heterocycles. The van der Waals surface area contributed by atoms with Crippen molar-refractivity contribution in [3.05, 3.63) is 65.9 Å². The number of amides is 1. The fourth-order valence-electron chi connectivity index (χ4n) is 2.69. The van der Waals surface area contributed by atoms with Gasteiger partial charge in [-0.25, -0.2) is 9.48 Å². The minimum Gasteiger partial charge on any atom is -0.443 e. The molecule has 4 rings (SSSR count). The fraction of sp³-hybridized carbons (Fsp3) is 0.158. The van der Waals surface area contributed by atoms with Crippen LogP contribution in [0.5, 0.6) is 0 Å². The number of halogens is 2. The SMILES string of the molecule is NC(=O)OCc1ccc(-c2cn(Cc3ccc(-c4nnc(C(F)F)o4)cc3)nn2)cn1. The quantitative estimate of drug-likeness (QED) is 0.476. The van der Waals surface area contributed by atoms with Crippen molar-refractivity contribution >= 4 is 6.09 Å². The van der Waals surface area contributed by atoms with Gasteiger partial charge in [0.2, 0.25) is 5.89 Å². The van der Waals surface area contributed by atoms with Gasteiger partial charge in [0.15, 0.2) is 0 Å². The summed E-state index contributed by atoms with van der Waals surface area (Å²) in [6.45, 7) is 0.433. The topological polar surface area (TPSA) is 135 Å². The number of primary amides is 1. The Morgan fingerprint density at radius 1 is 1.10 bits per heavy atom. The monoisotopic (exact) mass is 427 g/mol. The van der Waals surface area contributed by atoms with Crippen LogP contribution in [0.15, 0.2) is 53.2 Å². The predicted molar refractivity (Wildman–Crippen MR) is 101 cm³/mol. The van der Waals surface area contributed by atoms with Gasteiger partial charge in [0.25, 0.3) is 5.89 Å². The average Bonchev–Trinajstić information content (AvgIpc) is 3.43. The number of ether oxygens (including phenoxy) is 1. The molecule has 10 nitrogen and oxygen atoms in total. The van der Waals surface area contributed by atoms with Crippen LogP contribution in [0.25, 0.3) is 22.7 Å². The molecule has 1 amide bonds. The summed E-state index contributed by atoms with van der Waals surface area (Å²) in [5, 5.41) is 15.2. The molecule has 0 fully saturated rings. The van der Waals surface area contributed by atoms with E-state index in [1.54, 1.807) is 53.5 Å². The van der Waals surface area contributed by atoms with Gasteiger partial charge in [-0.3, -0.25) is 4.98 Å². The predicted octanol–water partition coefficient (Wildman–Crippen LogP) is 2.97. The number of hydrogen-bond donors (Lipinski definition) is 1. The number of aromatic nitrogens is 6. The molecule has 2 N–H and O–H groups in total. The van der Waals surface area contributed by atoms with Gasteiger partial charge in [-0.1, -0.05) is 17.3 Å². The normalized spacial score (nSPS) is 11.1. The van der Waals surface area contributed by atoms with Crippen LogP contribution < -0.4 is 5.73 Å². The average molecular weight is 427 g/mol. The van der Waals surface area contributed by atoms with E-state index in [4.69, 9.17) is 10.2 Å². The number of nitrogens with zero attached hydrogens (tertiary/aromatic N) is 6. The molecule has 3 heterocycles.